The highest BCUT2D eigenvalue weighted by molar-refractivity contribution is 7.80. The Labute approximate surface area is 86.9 Å². The van der Waals surface area contributed by atoms with Crippen molar-refractivity contribution in [3.8, 4) is 0 Å². The molecule has 7 N–H and O–H groups in total. The van der Waals surface area contributed by atoms with Crippen LogP contribution in [0.25, 0.3) is 0 Å². The third-order valence-electron chi connectivity index (χ3n) is 0.574. The van der Waals surface area contributed by atoms with Crippen molar-refractivity contribution in [1.29, 1.82) is 0 Å². The number of hydrogen-bond donors (Lipinski definition) is 5. The van der Waals surface area contributed by atoms with Crippen molar-refractivity contribution in [1.82, 2.24) is 10.9 Å². The maximum atomic E-state index is 7.86. The van der Waals surface area contributed by atoms with E-state index in [2.05, 4.69) is 42.3 Å². The molecule has 0 aliphatic heterocycles. The van der Waals surface area contributed by atoms with Gasteiger partial charge in [0.05, 0.1) is 0 Å². The number of ether oxygens (including phenoxy) is 1. The van der Waals surface area contributed by atoms with E-state index in [0.717, 1.165) is 0 Å². The zero-order valence-electron chi connectivity index (χ0n) is 6.82. The Morgan fingerprint density at radius 2 is 1.92 bits per heavy atom. The smallest absolute Gasteiger partial charge is 0.271 e. The summed E-state index contributed by atoms with van der Waals surface area (Å²) in [4.78, 5) is 0. The molecule has 0 saturated heterocycles. The van der Waals surface area contributed by atoms with Gasteiger partial charge in [-0.15, -0.1) is 0 Å². The summed E-state index contributed by atoms with van der Waals surface area (Å²) in [5.74, 6) is 9.39. The summed E-state index contributed by atoms with van der Waals surface area (Å²) in [6.45, 7) is 3.81. The number of nitrogens with two attached hydrogens (primary N) is 2. The van der Waals surface area contributed by atoms with Crippen LogP contribution in [0.1, 0.15) is 0 Å². The van der Waals surface area contributed by atoms with E-state index >= 15 is 0 Å². The molecule has 0 aromatic carbocycles. The van der Waals surface area contributed by atoms with Crippen LogP contribution in [0.2, 0.25) is 0 Å². The third kappa shape index (κ3) is 18.2. The molecular formula is C5H12N4O2S2. The van der Waals surface area contributed by atoms with Crippen LogP contribution in [0.4, 0.5) is 0 Å². The first kappa shape index (κ1) is 14.6. The van der Waals surface area contributed by atoms with Crippen molar-refractivity contribution in [2.75, 3.05) is 6.61 Å². The van der Waals surface area contributed by atoms with E-state index in [-0.39, 0.29) is 10.3 Å². The zero-order chi connectivity index (χ0) is 10.7. The molecule has 0 aliphatic carbocycles. The fourth-order valence-electron chi connectivity index (χ4n) is 0.176. The highest BCUT2D eigenvalue weighted by Crippen LogP contribution is 1.74. The Hall–Kier alpha value is -0.960. The maximum absolute atomic E-state index is 7.86. The summed E-state index contributed by atoms with van der Waals surface area (Å²) in [5.41, 5.74) is 3.98. The van der Waals surface area contributed by atoms with Gasteiger partial charge in [-0.25, -0.2) is 11.7 Å². The van der Waals surface area contributed by atoms with Crippen molar-refractivity contribution in [3.63, 3.8) is 0 Å². The van der Waals surface area contributed by atoms with Crippen LogP contribution in [0.3, 0.4) is 0 Å². The normalized spacial score (nSPS) is 7.23. The third-order valence-corrected chi connectivity index (χ3v) is 0.927. The second-order valence-electron chi connectivity index (χ2n) is 1.48. The minimum atomic E-state index is -0.384. The predicted octanol–water partition coefficient (Wildman–Crippen LogP) is -0.770. The van der Waals surface area contributed by atoms with E-state index in [9.17, 15) is 0 Å². The first-order valence-electron chi connectivity index (χ1n) is 3.02. The van der Waals surface area contributed by atoms with E-state index in [4.69, 9.17) is 15.7 Å². The number of nitrogens with one attached hydrogen (secondary N) is 2. The molecule has 0 rings (SSSR count). The van der Waals surface area contributed by atoms with E-state index < -0.39 is 0 Å². The highest BCUT2D eigenvalue weighted by atomic mass is 32.1. The molecule has 0 aliphatic rings. The minimum Gasteiger partial charge on any atom is -0.486 e. The van der Waals surface area contributed by atoms with Gasteiger partial charge in [0, 0.05) is 0 Å². The van der Waals surface area contributed by atoms with Crippen molar-refractivity contribution in [3.05, 3.63) is 12.7 Å². The predicted molar refractivity (Wildman–Crippen MR) is 58.6 cm³/mol. The summed E-state index contributed by atoms with van der Waals surface area (Å²) in [6, 6.07) is 0. The molecule has 0 bridgehead atoms. The number of rotatable bonds is 2. The molecule has 76 valence electrons. The summed E-state index contributed by atoms with van der Waals surface area (Å²) < 4.78 is 4.72. The number of thiocarbonyl (C=S) groups is 2. The standard InChI is InChI=1S/C4H8N2OS.CH4N2OS/c1-2-3-7-4(8)6-5;2-3-1(4)5/h2H,1,3,5H2,(H,6,8);2H2,(H2,3,4,5). The topological polar surface area (TPSA) is 106 Å². The molecule has 0 atom stereocenters. The molecule has 8 heteroatoms. The fraction of sp³-hybridized carbons (Fsp3) is 0.200. The molecule has 0 fully saturated rings. The monoisotopic (exact) mass is 224 g/mol. The van der Waals surface area contributed by atoms with E-state index in [0.29, 0.717) is 6.61 Å². The van der Waals surface area contributed by atoms with Gasteiger partial charge >= 0.3 is 0 Å². The molecule has 0 saturated carbocycles. The number of aliphatic hydroxyl groups excluding tert-OH is 1. The van der Waals surface area contributed by atoms with E-state index in [1.54, 1.807) is 6.08 Å². The van der Waals surface area contributed by atoms with Crippen molar-refractivity contribution >= 4 is 34.8 Å². The zero-order valence-corrected chi connectivity index (χ0v) is 8.45. The molecular weight excluding hydrogens is 212 g/mol. The lowest BCUT2D eigenvalue weighted by molar-refractivity contribution is 0.343. The molecule has 13 heavy (non-hydrogen) atoms. The van der Waals surface area contributed by atoms with Crippen LogP contribution < -0.4 is 22.5 Å². The summed E-state index contributed by atoms with van der Waals surface area (Å²) >= 11 is 8.53. The van der Waals surface area contributed by atoms with Crippen molar-refractivity contribution < 1.29 is 9.84 Å². The van der Waals surface area contributed by atoms with Gasteiger partial charge in [0.25, 0.3) is 10.3 Å². The first-order valence-corrected chi connectivity index (χ1v) is 3.83. The number of hydrazine groups is 2. The quantitative estimate of drug-likeness (QED) is 0.180. The highest BCUT2D eigenvalue weighted by Gasteiger charge is 1.85. The second-order valence-corrected chi connectivity index (χ2v) is 2.24. The Morgan fingerprint density at radius 1 is 1.46 bits per heavy atom. The van der Waals surface area contributed by atoms with Crippen LogP contribution >= 0.6 is 24.4 Å². The molecule has 0 spiro atoms. The molecule has 0 heterocycles. The SMILES string of the molecule is C=CCOC(=S)NN.NNC(O)=S. The van der Waals surface area contributed by atoms with Crippen LogP contribution in [0, 0.1) is 0 Å². The largest absolute Gasteiger partial charge is 0.486 e. The Bertz CT molecular complexity index is 176. The van der Waals surface area contributed by atoms with E-state index in [1.807, 2.05) is 5.43 Å². The average Bonchev–Trinajstić information content (AvgIpc) is 2.15. The van der Waals surface area contributed by atoms with Crippen LogP contribution in [-0.2, 0) is 4.74 Å². The van der Waals surface area contributed by atoms with Gasteiger partial charge in [-0.3, -0.25) is 10.9 Å². The lowest BCUT2D eigenvalue weighted by atomic mass is 10.7. The first-order chi connectivity index (χ1) is 6.08. The molecule has 0 radical (unpaired) electrons. The van der Waals surface area contributed by atoms with Gasteiger partial charge in [0.15, 0.2) is 0 Å². The lowest BCUT2D eigenvalue weighted by Crippen LogP contribution is -2.30. The van der Waals surface area contributed by atoms with Crippen LogP contribution in [-0.4, -0.2) is 22.1 Å². The van der Waals surface area contributed by atoms with Gasteiger partial charge < -0.3 is 9.84 Å². The fourth-order valence-corrected chi connectivity index (χ4v) is 0.244. The van der Waals surface area contributed by atoms with Gasteiger partial charge in [-0.2, -0.15) is 0 Å². The molecule has 0 unspecified atom stereocenters. The van der Waals surface area contributed by atoms with Gasteiger partial charge in [-0.1, -0.05) is 12.7 Å². The van der Waals surface area contributed by atoms with Gasteiger partial charge in [-0.05, 0) is 24.4 Å². The molecule has 0 amide bonds. The average molecular weight is 224 g/mol. The van der Waals surface area contributed by atoms with E-state index in [1.165, 1.54) is 0 Å². The summed E-state index contributed by atoms with van der Waals surface area (Å²) in [7, 11) is 0. The van der Waals surface area contributed by atoms with Crippen LogP contribution in [0.15, 0.2) is 12.7 Å². The van der Waals surface area contributed by atoms with Crippen LogP contribution in [0.5, 0.6) is 0 Å². The minimum absolute atomic E-state index is 0.185. The molecule has 0 aromatic heterocycles. The maximum Gasteiger partial charge on any atom is 0.271 e. The number of hydrogen-bond acceptors (Lipinski definition) is 5. The lowest BCUT2D eigenvalue weighted by Gasteiger charge is -2.00. The van der Waals surface area contributed by atoms with Crippen molar-refractivity contribution in [2.24, 2.45) is 11.7 Å². The van der Waals surface area contributed by atoms with Gasteiger partial charge in [0.2, 0.25) is 0 Å². The Balaban J connectivity index is 0. The van der Waals surface area contributed by atoms with Gasteiger partial charge in [0.1, 0.15) is 6.61 Å². The molecule has 0 aromatic rings. The second kappa shape index (κ2) is 11.0. The Kier molecular flexibility index (Phi) is 12.4. The summed E-state index contributed by atoms with van der Waals surface area (Å²) in [6.07, 6.45) is 1.59. The summed E-state index contributed by atoms with van der Waals surface area (Å²) in [5, 5.41) is 7.66. The number of aliphatic hydroxyl groups is 1. The Morgan fingerprint density at radius 3 is 2.15 bits per heavy atom. The van der Waals surface area contributed by atoms with Crippen molar-refractivity contribution in [2.45, 2.75) is 0 Å². The molecule has 6 nitrogen and oxygen atoms in total.